The first kappa shape index (κ1) is 12.2. The molecule has 94 valence electrons. The molecule has 18 heavy (non-hydrogen) atoms. The fourth-order valence-corrected chi connectivity index (χ4v) is 2.11. The van der Waals surface area contributed by atoms with Crippen LogP contribution in [-0.2, 0) is 9.53 Å². The zero-order chi connectivity index (χ0) is 13.1. The predicted molar refractivity (Wildman–Crippen MR) is 65.5 cm³/mol. The van der Waals surface area contributed by atoms with E-state index in [2.05, 4.69) is 6.07 Å². The standard InChI is InChI=1S/C13H14N2O3/c1-17-11-5-3-4-9(8-14)12(11)15-7-6-10(15)13(16)18-2/h3-5,10H,6-7H2,1-2H3. The van der Waals surface area contributed by atoms with Gasteiger partial charge in [0.2, 0.25) is 0 Å². The van der Waals surface area contributed by atoms with Gasteiger partial charge < -0.3 is 14.4 Å². The lowest BCUT2D eigenvalue weighted by Crippen LogP contribution is -2.53. The Labute approximate surface area is 106 Å². The number of para-hydroxylation sites is 1. The van der Waals surface area contributed by atoms with E-state index < -0.39 is 0 Å². The highest BCUT2D eigenvalue weighted by molar-refractivity contribution is 5.84. The Kier molecular flexibility index (Phi) is 3.38. The molecule has 1 aliphatic heterocycles. The lowest BCUT2D eigenvalue weighted by molar-refractivity contribution is -0.143. The van der Waals surface area contributed by atoms with Gasteiger partial charge in [0.05, 0.1) is 25.5 Å². The summed E-state index contributed by atoms with van der Waals surface area (Å²) in [6.07, 6.45) is 0.732. The van der Waals surface area contributed by atoms with Crippen molar-refractivity contribution in [3.05, 3.63) is 23.8 Å². The normalized spacial score (nSPS) is 17.6. The third-order valence-electron chi connectivity index (χ3n) is 3.12. The molecule has 1 heterocycles. The summed E-state index contributed by atoms with van der Waals surface area (Å²) in [5.74, 6) is 0.318. The second kappa shape index (κ2) is 4.96. The number of carbonyl (C=O) groups is 1. The fourth-order valence-electron chi connectivity index (χ4n) is 2.11. The zero-order valence-electron chi connectivity index (χ0n) is 10.3. The molecule has 1 aromatic carbocycles. The van der Waals surface area contributed by atoms with Crippen molar-refractivity contribution in [3.63, 3.8) is 0 Å². The molecule has 0 saturated carbocycles. The Balaban J connectivity index is 2.39. The van der Waals surface area contributed by atoms with Crippen LogP contribution >= 0.6 is 0 Å². The molecule has 1 aromatic rings. The van der Waals surface area contributed by atoms with E-state index in [4.69, 9.17) is 14.7 Å². The van der Waals surface area contributed by atoms with Gasteiger partial charge in [-0.3, -0.25) is 0 Å². The van der Waals surface area contributed by atoms with Crippen LogP contribution in [0, 0.1) is 11.3 Å². The Morgan fingerprint density at radius 2 is 2.28 bits per heavy atom. The van der Waals surface area contributed by atoms with Gasteiger partial charge in [-0.1, -0.05) is 6.07 Å². The number of carbonyl (C=O) groups excluding carboxylic acids is 1. The Bertz CT molecular complexity index is 507. The summed E-state index contributed by atoms with van der Waals surface area (Å²) in [5, 5.41) is 9.14. The van der Waals surface area contributed by atoms with Crippen LogP contribution in [0.2, 0.25) is 0 Å². The molecule has 2 rings (SSSR count). The SMILES string of the molecule is COC(=O)C1CCN1c1c(C#N)cccc1OC. The molecule has 1 atom stereocenters. The van der Waals surface area contributed by atoms with Gasteiger partial charge in [0.25, 0.3) is 0 Å². The van der Waals surface area contributed by atoms with E-state index in [1.165, 1.54) is 7.11 Å². The third-order valence-corrected chi connectivity index (χ3v) is 3.12. The summed E-state index contributed by atoms with van der Waals surface area (Å²) in [7, 11) is 2.92. The summed E-state index contributed by atoms with van der Waals surface area (Å²) in [5.41, 5.74) is 1.17. The van der Waals surface area contributed by atoms with Crippen LogP contribution in [0.3, 0.4) is 0 Å². The van der Waals surface area contributed by atoms with Gasteiger partial charge in [-0.25, -0.2) is 4.79 Å². The first-order valence-corrected chi connectivity index (χ1v) is 5.64. The number of rotatable bonds is 3. The number of ether oxygens (including phenoxy) is 2. The fraction of sp³-hybridized carbons (Fsp3) is 0.385. The Hall–Kier alpha value is -2.22. The minimum absolute atomic E-state index is 0.281. The average molecular weight is 246 g/mol. The van der Waals surface area contributed by atoms with Gasteiger partial charge in [0, 0.05) is 6.54 Å². The first-order valence-electron chi connectivity index (χ1n) is 5.64. The van der Waals surface area contributed by atoms with Crippen LogP contribution in [0.4, 0.5) is 5.69 Å². The monoisotopic (exact) mass is 246 g/mol. The molecule has 0 radical (unpaired) electrons. The predicted octanol–water partition coefficient (Wildman–Crippen LogP) is 1.32. The van der Waals surface area contributed by atoms with Crippen LogP contribution in [0.5, 0.6) is 5.75 Å². The van der Waals surface area contributed by atoms with Crippen LogP contribution in [-0.4, -0.2) is 32.8 Å². The minimum atomic E-state index is -0.321. The molecular formula is C13H14N2O3. The van der Waals surface area contributed by atoms with Crippen LogP contribution < -0.4 is 9.64 Å². The molecule has 0 aromatic heterocycles. The number of esters is 1. The molecule has 0 N–H and O–H groups in total. The van der Waals surface area contributed by atoms with Crippen molar-refractivity contribution in [1.82, 2.24) is 0 Å². The summed E-state index contributed by atoms with van der Waals surface area (Å²) in [6.45, 7) is 0.717. The van der Waals surface area contributed by atoms with Gasteiger partial charge >= 0.3 is 5.97 Å². The smallest absolute Gasteiger partial charge is 0.328 e. The lowest BCUT2D eigenvalue weighted by atomic mass is 9.99. The second-order valence-corrected chi connectivity index (χ2v) is 3.99. The van der Waals surface area contributed by atoms with Crippen LogP contribution in [0.1, 0.15) is 12.0 Å². The molecule has 0 bridgehead atoms. The number of hydrogen-bond acceptors (Lipinski definition) is 5. The maximum atomic E-state index is 11.6. The lowest BCUT2D eigenvalue weighted by Gasteiger charge is -2.41. The van der Waals surface area contributed by atoms with Crippen molar-refractivity contribution < 1.29 is 14.3 Å². The number of nitriles is 1. The number of methoxy groups -OCH3 is 2. The van der Waals surface area contributed by atoms with Crippen LogP contribution in [0.25, 0.3) is 0 Å². The van der Waals surface area contributed by atoms with E-state index in [-0.39, 0.29) is 12.0 Å². The van der Waals surface area contributed by atoms with Crippen molar-refractivity contribution in [2.75, 3.05) is 25.7 Å². The Morgan fingerprint density at radius 3 is 2.78 bits per heavy atom. The molecular weight excluding hydrogens is 232 g/mol. The van der Waals surface area contributed by atoms with Crippen molar-refractivity contribution in [2.24, 2.45) is 0 Å². The molecule has 0 spiro atoms. The maximum Gasteiger partial charge on any atom is 0.328 e. The highest BCUT2D eigenvalue weighted by atomic mass is 16.5. The van der Waals surface area contributed by atoms with Gasteiger partial charge in [-0.05, 0) is 18.6 Å². The summed E-state index contributed by atoms with van der Waals surface area (Å²) in [6, 6.07) is 7.05. The topological polar surface area (TPSA) is 62.6 Å². The van der Waals surface area contributed by atoms with E-state index in [0.29, 0.717) is 17.0 Å². The number of anilines is 1. The van der Waals surface area contributed by atoms with Gasteiger partial charge in [-0.15, -0.1) is 0 Å². The van der Waals surface area contributed by atoms with Crippen LogP contribution in [0.15, 0.2) is 18.2 Å². The molecule has 0 aliphatic carbocycles. The summed E-state index contributed by atoms with van der Waals surface area (Å²) < 4.78 is 10.0. The van der Waals surface area contributed by atoms with Crippen molar-refractivity contribution in [2.45, 2.75) is 12.5 Å². The van der Waals surface area contributed by atoms with Gasteiger partial charge in [-0.2, -0.15) is 5.26 Å². The summed E-state index contributed by atoms with van der Waals surface area (Å²) in [4.78, 5) is 13.4. The number of benzene rings is 1. The zero-order valence-corrected chi connectivity index (χ0v) is 10.3. The molecule has 5 heteroatoms. The highest BCUT2D eigenvalue weighted by Gasteiger charge is 2.37. The minimum Gasteiger partial charge on any atom is -0.495 e. The van der Waals surface area contributed by atoms with Gasteiger partial charge in [0.15, 0.2) is 0 Å². The van der Waals surface area contributed by atoms with Gasteiger partial charge in [0.1, 0.15) is 17.9 Å². The van der Waals surface area contributed by atoms with Crippen molar-refractivity contribution in [1.29, 1.82) is 5.26 Å². The van der Waals surface area contributed by atoms with Crippen molar-refractivity contribution in [3.8, 4) is 11.8 Å². The maximum absolute atomic E-state index is 11.6. The van der Waals surface area contributed by atoms with E-state index in [9.17, 15) is 4.79 Å². The summed E-state index contributed by atoms with van der Waals surface area (Å²) >= 11 is 0. The second-order valence-electron chi connectivity index (χ2n) is 3.99. The molecule has 1 unspecified atom stereocenters. The Morgan fingerprint density at radius 1 is 1.50 bits per heavy atom. The molecule has 1 saturated heterocycles. The van der Waals surface area contributed by atoms with E-state index in [1.54, 1.807) is 25.3 Å². The van der Waals surface area contributed by atoms with E-state index in [1.807, 2.05) is 4.90 Å². The molecule has 1 fully saturated rings. The number of hydrogen-bond donors (Lipinski definition) is 0. The van der Waals surface area contributed by atoms with E-state index in [0.717, 1.165) is 13.0 Å². The third kappa shape index (κ3) is 1.86. The van der Waals surface area contributed by atoms with Crippen molar-refractivity contribution >= 4 is 11.7 Å². The van der Waals surface area contributed by atoms with E-state index >= 15 is 0 Å². The molecule has 0 amide bonds. The molecule has 5 nitrogen and oxygen atoms in total. The average Bonchev–Trinajstić information content (AvgIpc) is 2.37. The largest absolute Gasteiger partial charge is 0.495 e. The molecule has 1 aliphatic rings. The highest BCUT2D eigenvalue weighted by Crippen LogP contribution is 2.37. The first-order chi connectivity index (χ1) is 8.72. The number of nitrogens with zero attached hydrogens (tertiary/aromatic N) is 2. The quantitative estimate of drug-likeness (QED) is 0.753.